The Morgan fingerprint density at radius 3 is 2.88 bits per heavy atom. The number of hydrogen-bond donors (Lipinski definition) is 1. The van der Waals surface area contributed by atoms with Crippen molar-refractivity contribution in [2.24, 2.45) is 5.73 Å². The van der Waals surface area contributed by atoms with Crippen LogP contribution in [0.15, 0.2) is 34.9 Å². The monoisotopic (exact) mass is 285 g/mol. The molecule has 17 heavy (non-hydrogen) atoms. The molecule has 0 amide bonds. The summed E-state index contributed by atoms with van der Waals surface area (Å²) in [5.41, 5.74) is 7.15. The molecule has 2 unspecified atom stereocenters. The van der Waals surface area contributed by atoms with Crippen molar-refractivity contribution in [2.75, 3.05) is 0 Å². The highest BCUT2D eigenvalue weighted by Crippen LogP contribution is 2.38. The quantitative estimate of drug-likeness (QED) is 0.875. The molecule has 2 atom stereocenters. The topological polar surface area (TPSA) is 51.8 Å². The number of thioether (sulfide) groups is 1. The van der Waals surface area contributed by atoms with Crippen LogP contribution in [-0.2, 0) is 0 Å². The molecule has 0 radical (unpaired) electrons. The van der Waals surface area contributed by atoms with Crippen LogP contribution in [0.25, 0.3) is 0 Å². The van der Waals surface area contributed by atoms with Gasteiger partial charge in [-0.05, 0) is 36.2 Å². The SMILES string of the molecule is CC(N)C(Sc1ncns1)c1cccc(Cl)c1. The van der Waals surface area contributed by atoms with E-state index in [4.69, 9.17) is 17.3 Å². The number of nitrogens with two attached hydrogens (primary N) is 1. The van der Waals surface area contributed by atoms with Crippen molar-refractivity contribution < 1.29 is 0 Å². The highest BCUT2D eigenvalue weighted by Gasteiger charge is 2.19. The third-order valence-electron chi connectivity index (χ3n) is 2.22. The fourth-order valence-electron chi connectivity index (χ4n) is 1.49. The first-order valence-corrected chi connectivity index (χ1v) is 7.14. The molecule has 0 saturated heterocycles. The van der Waals surface area contributed by atoms with Crippen LogP contribution < -0.4 is 5.73 Å². The number of rotatable bonds is 4. The summed E-state index contributed by atoms with van der Waals surface area (Å²) < 4.78 is 4.91. The fourth-order valence-corrected chi connectivity index (χ4v) is 3.40. The Morgan fingerprint density at radius 1 is 1.47 bits per heavy atom. The lowest BCUT2D eigenvalue weighted by molar-refractivity contribution is 0.721. The minimum absolute atomic E-state index is 0.0161. The largest absolute Gasteiger partial charge is 0.327 e. The summed E-state index contributed by atoms with van der Waals surface area (Å²) in [4.78, 5) is 4.17. The van der Waals surface area contributed by atoms with E-state index >= 15 is 0 Å². The second-order valence-corrected chi connectivity index (χ2v) is 6.26. The summed E-state index contributed by atoms with van der Waals surface area (Å²) in [6.45, 7) is 1.99. The van der Waals surface area contributed by atoms with Crippen molar-refractivity contribution in [3.05, 3.63) is 41.2 Å². The van der Waals surface area contributed by atoms with E-state index in [1.54, 1.807) is 18.1 Å². The standard InChI is InChI=1S/C11H12ClN3S2/c1-7(13)10(16-11-14-6-15-17-11)8-3-2-4-9(12)5-8/h2-7,10H,13H2,1H3. The van der Waals surface area contributed by atoms with E-state index in [-0.39, 0.29) is 11.3 Å². The summed E-state index contributed by atoms with van der Waals surface area (Å²) in [5, 5.41) is 0.868. The van der Waals surface area contributed by atoms with Gasteiger partial charge in [0.2, 0.25) is 0 Å². The second-order valence-electron chi connectivity index (χ2n) is 3.66. The molecule has 0 saturated carbocycles. The van der Waals surface area contributed by atoms with Crippen molar-refractivity contribution in [3.63, 3.8) is 0 Å². The Bertz CT molecular complexity index is 473. The lowest BCUT2D eigenvalue weighted by Crippen LogP contribution is -2.22. The van der Waals surface area contributed by atoms with Crippen molar-refractivity contribution in [2.45, 2.75) is 22.6 Å². The normalized spacial score (nSPS) is 14.5. The highest BCUT2D eigenvalue weighted by atomic mass is 35.5. The van der Waals surface area contributed by atoms with Gasteiger partial charge >= 0.3 is 0 Å². The molecule has 1 aromatic carbocycles. The first kappa shape index (κ1) is 12.8. The van der Waals surface area contributed by atoms with Gasteiger partial charge in [-0.1, -0.05) is 35.5 Å². The Labute approximate surface area is 114 Å². The van der Waals surface area contributed by atoms with E-state index in [1.165, 1.54) is 11.5 Å². The molecule has 0 aliphatic carbocycles. The molecular weight excluding hydrogens is 274 g/mol. The van der Waals surface area contributed by atoms with Crippen LogP contribution in [0.3, 0.4) is 0 Å². The van der Waals surface area contributed by atoms with E-state index in [2.05, 4.69) is 9.36 Å². The van der Waals surface area contributed by atoms with Crippen molar-refractivity contribution >= 4 is 34.9 Å². The Hall–Kier alpha value is -0.620. The summed E-state index contributed by atoms with van der Waals surface area (Å²) in [7, 11) is 0. The van der Waals surface area contributed by atoms with Crippen LogP contribution in [0.2, 0.25) is 5.02 Å². The maximum Gasteiger partial charge on any atom is 0.170 e. The lowest BCUT2D eigenvalue weighted by atomic mass is 10.1. The molecule has 3 nitrogen and oxygen atoms in total. The maximum absolute atomic E-state index is 6.03. The van der Waals surface area contributed by atoms with E-state index < -0.39 is 0 Å². The van der Waals surface area contributed by atoms with E-state index in [0.29, 0.717) is 0 Å². The van der Waals surface area contributed by atoms with E-state index in [0.717, 1.165) is 14.9 Å². The minimum atomic E-state index is 0.0161. The molecule has 2 aromatic rings. The molecule has 1 aromatic heterocycles. The Morgan fingerprint density at radius 2 is 2.29 bits per heavy atom. The zero-order valence-electron chi connectivity index (χ0n) is 9.21. The van der Waals surface area contributed by atoms with Gasteiger partial charge in [-0.25, -0.2) is 4.98 Å². The number of hydrogen-bond acceptors (Lipinski definition) is 5. The molecule has 6 heteroatoms. The predicted molar refractivity (Wildman–Crippen MR) is 73.6 cm³/mol. The first-order valence-electron chi connectivity index (χ1n) is 5.11. The van der Waals surface area contributed by atoms with Gasteiger partial charge in [0.25, 0.3) is 0 Å². The lowest BCUT2D eigenvalue weighted by Gasteiger charge is -2.19. The van der Waals surface area contributed by atoms with Crippen LogP contribution in [-0.4, -0.2) is 15.4 Å². The van der Waals surface area contributed by atoms with Gasteiger partial charge in [0.05, 0.1) is 5.25 Å². The van der Waals surface area contributed by atoms with Gasteiger partial charge in [-0.3, -0.25) is 0 Å². The number of benzene rings is 1. The second kappa shape index (κ2) is 5.82. The molecule has 0 fully saturated rings. The Kier molecular flexibility index (Phi) is 4.39. The van der Waals surface area contributed by atoms with E-state index in [1.807, 2.05) is 31.2 Å². The smallest absolute Gasteiger partial charge is 0.170 e. The molecule has 0 spiro atoms. The molecule has 0 aliphatic heterocycles. The van der Waals surface area contributed by atoms with Gasteiger partial charge in [-0.15, -0.1) is 0 Å². The zero-order valence-corrected chi connectivity index (χ0v) is 11.6. The van der Waals surface area contributed by atoms with Crippen LogP contribution in [0.5, 0.6) is 0 Å². The fraction of sp³-hybridized carbons (Fsp3) is 0.273. The van der Waals surface area contributed by atoms with Crippen LogP contribution in [0.4, 0.5) is 0 Å². The number of aromatic nitrogens is 2. The molecule has 0 aliphatic rings. The summed E-state index contributed by atoms with van der Waals surface area (Å²) in [6.07, 6.45) is 1.56. The molecule has 2 rings (SSSR count). The number of nitrogens with zero attached hydrogens (tertiary/aromatic N) is 2. The first-order chi connectivity index (χ1) is 8.16. The minimum Gasteiger partial charge on any atom is -0.327 e. The van der Waals surface area contributed by atoms with Gasteiger partial charge < -0.3 is 5.73 Å². The van der Waals surface area contributed by atoms with Gasteiger partial charge in [0.15, 0.2) is 4.34 Å². The summed E-state index contributed by atoms with van der Waals surface area (Å²) in [5.74, 6) is 0. The molecular formula is C11H12ClN3S2. The van der Waals surface area contributed by atoms with Crippen LogP contribution in [0, 0.1) is 0 Å². The molecule has 0 bridgehead atoms. The number of halogens is 1. The van der Waals surface area contributed by atoms with E-state index in [9.17, 15) is 0 Å². The van der Waals surface area contributed by atoms with Crippen LogP contribution in [0.1, 0.15) is 17.7 Å². The van der Waals surface area contributed by atoms with Crippen molar-refractivity contribution in [1.29, 1.82) is 0 Å². The van der Waals surface area contributed by atoms with Gasteiger partial charge in [0, 0.05) is 11.1 Å². The summed E-state index contributed by atoms with van der Waals surface area (Å²) in [6, 6.07) is 7.80. The molecule has 2 N–H and O–H groups in total. The third kappa shape index (κ3) is 3.42. The van der Waals surface area contributed by atoms with Crippen molar-refractivity contribution in [3.8, 4) is 0 Å². The third-order valence-corrected chi connectivity index (χ3v) is 4.69. The molecule has 90 valence electrons. The predicted octanol–water partition coefficient (Wildman–Crippen LogP) is 3.37. The zero-order chi connectivity index (χ0) is 12.3. The average molecular weight is 286 g/mol. The van der Waals surface area contributed by atoms with Gasteiger partial charge in [-0.2, -0.15) is 4.37 Å². The van der Waals surface area contributed by atoms with Crippen LogP contribution >= 0.6 is 34.9 Å². The summed E-state index contributed by atoms with van der Waals surface area (Å²) >= 11 is 9.01. The maximum atomic E-state index is 6.03. The Balaban J connectivity index is 2.23. The average Bonchev–Trinajstić information content (AvgIpc) is 2.78. The van der Waals surface area contributed by atoms with Crippen molar-refractivity contribution in [1.82, 2.24) is 9.36 Å². The van der Waals surface area contributed by atoms with Gasteiger partial charge in [0.1, 0.15) is 6.33 Å². The molecule has 1 heterocycles. The highest BCUT2D eigenvalue weighted by molar-refractivity contribution is 8.01.